The van der Waals surface area contributed by atoms with Crippen LogP contribution in [0.4, 0.5) is 4.39 Å². The van der Waals surface area contributed by atoms with Crippen LogP contribution in [0.15, 0.2) is 66.7 Å². The molecule has 2 saturated heterocycles. The number of carbonyl (C=O) groups excluding carboxylic acids is 2. The largest absolute Gasteiger partial charge is 0.381 e. The van der Waals surface area contributed by atoms with Crippen LogP contribution in [0.5, 0.6) is 0 Å². The van der Waals surface area contributed by atoms with Crippen molar-refractivity contribution >= 4 is 22.6 Å². The van der Waals surface area contributed by atoms with Gasteiger partial charge in [-0.15, -0.1) is 0 Å². The van der Waals surface area contributed by atoms with Crippen molar-refractivity contribution in [1.82, 2.24) is 10.2 Å². The average molecular weight is 475 g/mol. The Balaban J connectivity index is 1.21. The lowest BCUT2D eigenvalue weighted by molar-refractivity contribution is -0.126. The van der Waals surface area contributed by atoms with E-state index in [1.165, 1.54) is 6.07 Å². The van der Waals surface area contributed by atoms with E-state index in [-0.39, 0.29) is 29.0 Å². The van der Waals surface area contributed by atoms with Gasteiger partial charge in [0.1, 0.15) is 5.82 Å². The third-order valence-corrected chi connectivity index (χ3v) is 7.66. The smallest absolute Gasteiger partial charge is 0.254 e. The molecule has 0 unspecified atom stereocenters. The number of likely N-dealkylation sites (tertiary alicyclic amines) is 1. The van der Waals surface area contributed by atoms with Crippen LogP contribution < -0.4 is 5.32 Å². The molecule has 0 radical (unpaired) electrons. The van der Waals surface area contributed by atoms with E-state index < -0.39 is 0 Å². The molecule has 182 valence electrons. The van der Waals surface area contributed by atoms with Crippen LogP contribution in [-0.4, -0.2) is 49.6 Å². The molecule has 1 N–H and O–H groups in total. The molecular formula is C29H31FN2O3. The van der Waals surface area contributed by atoms with Crippen molar-refractivity contribution in [3.05, 3.63) is 83.7 Å². The number of fused-ring (bicyclic) bond motifs is 1. The van der Waals surface area contributed by atoms with Crippen molar-refractivity contribution < 1.29 is 18.7 Å². The number of hydrogen-bond acceptors (Lipinski definition) is 3. The van der Waals surface area contributed by atoms with Crippen LogP contribution in [0.2, 0.25) is 0 Å². The van der Waals surface area contributed by atoms with Crippen LogP contribution in [-0.2, 0) is 14.9 Å². The molecule has 0 aliphatic carbocycles. The lowest BCUT2D eigenvalue weighted by Gasteiger charge is -2.38. The van der Waals surface area contributed by atoms with Crippen molar-refractivity contribution in [2.75, 3.05) is 32.8 Å². The Labute approximate surface area is 205 Å². The van der Waals surface area contributed by atoms with Crippen LogP contribution in [0.3, 0.4) is 0 Å². The topological polar surface area (TPSA) is 58.6 Å². The van der Waals surface area contributed by atoms with E-state index in [9.17, 15) is 14.0 Å². The highest BCUT2D eigenvalue weighted by Crippen LogP contribution is 2.35. The second kappa shape index (κ2) is 10.2. The number of carbonyl (C=O) groups is 2. The van der Waals surface area contributed by atoms with Gasteiger partial charge in [-0.2, -0.15) is 0 Å². The third-order valence-electron chi connectivity index (χ3n) is 7.66. The van der Waals surface area contributed by atoms with Crippen LogP contribution in [0, 0.1) is 11.7 Å². The summed E-state index contributed by atoms with van der Waals surface area (Å²) in [6.07, 6.45) is 2.76. The number of rotatable bonds is 5. The highest BCUT2D eigenvalue weighted by atomic mass is 19.1. The zero-order valence-electron chi connectivity index (χ0n) is 19.8. The van der Waals surface area contributed by atoms with Gasteiger partial charge in [-0.25, -0.2) is 4.39 Å². The molecule has 2 aliphatic heterocycles. The molecule has 0 bridgehead atoms. The Bertz CT molecular complexity index is 1210. The zero-order chi connectivity index (χ0) is 24.3. The number of halogens is 1. The molecule has 2 fully saturated rings. The van der Waals surface area contributed by atoms with Gasteiger partial charge in [0.2, 0.25) is 5.91 Å². The minimum absolute atomic E-state index is 0.0181. The number of amides is 2. The lowest BCUT2D eigenvalue weighted by atomic mass is 9.74. The standard InChI is InChI=1S/C29H31FN2O3/c30-24-8-4-7-23(19-24)29(13-17-35-18-14-29)20-31-27(33)22-11-15-32(16-12-22)28(34)26-10-3-6-21-5-1-2-9-25(21)26/h1-10,19,22H,11-18,20H2,(H,31,33). The summed E-state index contributed by atoms with van der Waals surface area (Å²) in [6.45, 7) is 2.78. The van der Waals surface area contributed by atoms with Gasteiger partial charge in [-0.3, -0.25) is 9.59 Å². The summed E-state index contributed by atoms with van der Waals surface area (Å²) in [7, 11) is 0. The predicted molar refractivity (Wildman–Crippen MR) is 134 cm³/mol. The van der Waals surface area contributed by atoms with Crippen molar-refractivity contribution in [3.63, 3.8) is 0 Å². The van der Waals surface area contributed by atoms with Crippen molar-refractivity contribution in [2.24, 2.45) is 5.92 Å². The van der Waals surface area contributed by atoms with Gasteiger partial charge in [-0.05, 0) is 60.2 Å². The predicted octanol–water partition coefficient (Wildman–Crippen LogP) is 4.70. The minimum Gasteiger partial charge on any atom is -0.381 e. The number of hydrogen-bond donors (Lipinski definition) is 1. The molecule has 0 spiro atoms. The first-order valence-electron chi connectivity index (χ1n) is 12.4. The summed E-state index contributed by atoms with van der Waals surface area (Å²) in [6, 6.07) is 20.4. The van der Waals surface area contributed by atoms with Gasteiger partial charge in [0.15, 0.2) is 0 Å². The highest BCUT2D eigenvalue weighted by molar-refractivity contribution is 6.07. The van der Waals surface area contributed by atoms with Crippen LogP contribution in [0.1, 0.15) is 41.6 Å². The maximum absolute atomic E-state index is 13.9. The molecule has 2 heterocycles. The molecule has 35 heavy (non-hydrogen) atoms. The molecule has 5 nitrogen and oxygen atoms in total. The summed E-state index contributed by atoms with van der Waals surface area (Å²) in [4.78, 5) is 28.2. The quantitative estimate of drug-likeness (QED) is 0.583. The molecular weight excluding hydrogens is 443 g/mol. The summed E-state index contributed by atoms with van der Waals surface area (Å²) in [5.74, 6) is -0.351. The average Bonchev–Trinajstić information content (AvgIpc) is 2.91. The Kier molecular flexibility index (Phi) is 6.82. The molecule has 0 saturated carbocycles. The summed E-state index contributed by atoms with van der Waals surface area (Å²) in [5.41, 5.74) is 1.31. The SMILES string of the molecule is O=C(NCC1(c2cccc(F)c2)CCOCC1)C1CCN(C(=O)c2cccc3ccccc23)CC1. The first-order chi connectivity index (χ1) is 17.1. The third kappa shape index (κ3) is 4.94. The fourth-order valence-electron chi connectivity index (χ4n) is 5.48. The lowest BCUT2D eigenvalue weighted by Crippen LogP contribution is -2.48. The summed E-state index contributed by atoms with van der Waals surface area (Å²) < 4.78 is 19.5. The van der Waals surface area contributed by atoms with E-state index in [4.69, 9.17) is 4.74 Å². The second-order valence-electron chi connectivity index (χ2n) is 9.71. The molecule has 0 aromatic heterocycles. The fraction of sp³-hybridized carbons (Fsp3) is 0.379. The Morgan fingerprint density at radius 2 is 1.69 bits per heavy atom. The number of ether oxygens (including phenoxy) is 1. The summed E-state index contributed by atoms with van der Waals surface area (Å²) >= 11 is 0. The summed E-state index contributed by atoms with van der Waals surface area (Å²) in [5, 5.41) is 5.17. The molecule has 2 amide bonds. The molecule has 3 aromatic rings. The maximum atomic E-state index is 13.9. The molecule has 3 aromatic carbocycles. The van der Waals surface area contributed by atoms with Crippen molar-refractivity contribution in [3.8, 4) is 0 Å². The van der Waals surface area contributed by atoms with E-state index in [1.54, 1.807) is 12.1 Å². The monoisotopic (exact) mass is 474 g/mol. The second-order valence-corrected chi connectivity index (χ2v) is 9.71. The van der Waals surface area contributed by atoms with Crippen molar-refractivity contribution in [2.45, 2.75) is 31.1 Å². The fourth-order valence-corrected chi connectivity index (χ4v) is 5.48. The zero-order valence-corrected chi connectivity index (χ0v) is 19.8. The molecule has 5 rings (SSSR count). The first kappa shape index (κ1) is 23.5. The van der Waals surface area contributed by atoms with Gasteiger partial charge in [0.05, 0.1) is 0 Å². The normalized spacial score (nSPS) is 18.4. The van der Waals surface area contributed by atoms with Gasteiger partial charge < -0.3 is 15.0 Å². The van der Waals surface area contributed by atoms with E-state index in [0.29, 0.717) is 51.3 Å². The highest BCUT2D eigenvalue weighted by Gasteiger charge is 2.36. The molecule has 6 heteroatoms. The molecule has 2 aliphatic rings. The Morgan fingerprint density at radius 3 is 2.46 bits per heavy atom. The van der Waals surface area contributed by atoms with E-state index in [1.807, 2.05) is 53.4 Å². The van der Waals surface area contributed by atoms with Crippen molar-refractivity contribution in [1.29, 1.82) is 0 Å². The number of benzene rings is 3. The number of piperidine rings is 1. The Hall–Kier alpha value is -3.25. The minimum atomic E-state index is -0.318. The molecule has 0 atom stereocenters. The van der Waals surface area contributed by atoms with Gasteiger partial charge in [0, 0.05) is 49.7 Å². The number of nitrogens with zero attached hydrogens (tertiary/aromatic N) is 1. The van der Waals surface area contributed by atoms with E-state index in [0.717, 1.165) is 29.2 Å². The van der Waals surface area contributed by atoms with Crippen LogP contribution in [0.25, 0.3) is 10.8 Å². The first-order valence-corrected chi connectivity index (χ1v) is 12.4. The van der Waals surface area contributed by atoms with Gasteiger partial charge in [-0.1, -0.05) is 48.5 Å². The van der Waals surface area contributed by atoms with Gasteiger partial charge in [0.25, 0.3) is 5.91 Å². The van der Waals surface area contributed by atoms with E-state index in [2.05, 4.69) is 5.32 Å². The Morgan fingerprint density at radius 1 is 0.971 bits per heavy atom. The van der Waals surface area contributed by atoms with Crippen LogP contribution >= 0.6 is 0 Å². The maximum Gasteiger partial charge on any atom is 0.254 e. The van der Waals surface area contributed by atoms with Gasteiger partial charge >= 0.3 is 0 Å². The number of nitrogens with one attached hydrogen (secondary N) is 1. The van der Waals surface area contributed by atoms with E-state index >= 15 is 0 Å².